The fourth-order valence-electron chi connectivity index (χ4n) is 4.64. The summed E-state index contributed by atoms with van der Waals surface area (Å²) in [6.45, 7) is 3.72. The summed E-state index contributed by atoms with van der Waals surface area (Å²) in [5.74, 6) is -1.76. The van der Waals surface area contributed by atoms with Crippen molar-refractivity contribution in [1.29, 1.82) is 0 Å². The molecule has 0 saturated heterocycles. The smallest absolute Gasteiger partial charge is 0.347 e. The second-order valence-corrected chi connectivity index (χ2v) is 11.0. The summed E-state index contributed by atoms with van der Waals surface area (Å²) in [5.41, 5.74) is 1.81. The van der Waals surface area contributed by atoms with Crippen LogP contribution in [0.4, 0.5) is 0 Å². The van der Waals surface area contributed by atoms with Gasteiger partial charge in [-0.3, -0.25) is 14.4 Å². The van der Waals surface area contributed by atoms with Crippen molar-refractivity contribution in [2.75, 3.05) is 13.7 Å². The topological polar surface area (TPSA) is 140 Å². The molecular formula is C33H42N2O8. The molecule has 2 aromatic carbocycles. The van der Waals surface area contributed by atoms with Gasteiger partial charge in [-0.15, -0.1) is 0 Å². The van der Waals surface area contributed by atoms with E-state index in [1.54, 1.807) is 31.4 Å². The SMILES string of the molecule is COc1ccc(C[C@H]2NC(=O)/C=C/C[C@@H](C(O)CCc3ccccc3)OC(=O)[C@H](CC(C)C)OC(=O)CCNC2=O)cc1. The largest absolute Gasteiger partial charge is 0.497 e. The van der Waals surface area contributed by atoms with Gasteiger partial charge in [0.15, 0.2) is 6.10 Å². The molecule has 3 rings (SSSR count). The van der Waals surface area contributed by atoms with Gasteiger partial charge >= 0.3 is 11.9 Å². The third kappa shape index (κ3) is 11.5. The Morgan fingerprint density at radius 1 is 0.977 bits per heavy atom. The van der Waals surface area contributed by atoms with Gasteiger partial charge in [-0.2, -0.15) is 0 Å². The first kappa shape index (κ1) is 33.3. The lowest BCUT2D eigenvalue weighted by Gasteiger charge is -2.26. The van der Waals surface area contributed by atoms with Gasteiger partial charge in [0.1, 0.15) is 17.9 Å². The second-order valence-electron chi connectivity index (χ2n) is 11.0. The van der Waals surface area contributed by atoms with Crippen LogP contribution in [-0.4, -0.2) is 66.9 Å². The standard InChI is InChI=1S/C33H42N2O8/c1-22(2)20-29-33(40)43-28(27(36)17-14-23-8-5-4-6-9-23)10-7-11-30(37)35-26(32(39)34-19-18-31(38)42-29)21-24-12-15-25(41-3)16-13-24/h4-9,11-13,15-16,22,26-29,36H,10,14,17-21H2,1-3H3,(H,34,39)(H,35,37)/b11-7+/t26-,27?,28+,29+/m1/s1. The van der Waals surface area contributed by atoms with E-state index in [-0.39, 0.29) is 38.1 Å². The summed E-state index contributed by atoms with van der Waals surface area (Å²) in [4.78, 5) is 51.7. The van der Waals surface area contributed by atoms with E-state index < -0.39 is 48.1 Å². The van der Waals surface area contributed by atoms with Crippen molar-refractivity contribution in [3.05, 3.63) is 77.9 Å². The van der Waals surface area contributed by atoms with E-state index >= 15 is 0 Å². The molecule has 43 heavy (non-hydrogen) atoms. The van der Waals surface area contributed by atoms with Gasteiger partial charge in [-0.1, -0.05) is 62.4 Å². The number of hydrogen-bond acceptors (Lipinski definition) is 8. The molecule has 4 atom stereocenters. The van der Waals surface area contributed by atoms with Crippen LogP contribution in [0, 0.1) is 5.92 Å². The highest BCUT2D eigenvalue weighted by atomic mass is 16.6. The van der Waals surface area contributed by atoms with Crippen molar-refractivity contribution in [2.24, 2.45) is 5.92 Å². The van der Waals surface area contributed by atoms with E-state index in [4.69, 9.17) is 14.2 Å². The fourth-order valence-corrected chi connectivity index (χ4v) is 4.64. The lowest BCUT2D eigenvalue weighted by atomic mass is 10.0. The fraction of sp³-hybridized carbons (Fsp3) is 0.455. The normalized spacial score (nSPS) is 22.1. The van der Waals surface area contributed by atoms with Crippen molar-refractivity contribution in [3.8, 4) is 5.75 Å². The highest BCUT2D eigenvalue weighted by molar-refractivity contribution is 5.93. The van der Waals surface area contributed by atoms with Crippen LogP contribution in [0.25, 0.3) is 0 Å². The molecule has 10 nitrogen and oxygen atoms in total. The van der Waals surface area contributed by atoms with Crippen LogP contribution in [0.5, 0.6) is 5.75 Å². The van der Waals surface area contributed by atoms with E-state index in [1.165, 1.54) is 12.2 Å². The van der Waals surface area contributed by atoms with Crippen molar-refractivity contribution >= 4 is 23.8 Å². The molecule has 1 aliphatic rings. The van der Waals surface area contributed by atoms with Gasteiger partial charge in [0.25, 0.3) is 0 Å². The summed E-state index contributed by atoms with van der Waals surface area (Å²) in [5, 5.41) is 16.4. The van der Waals surface area contributed by atoms with E-state index in [1.807, 2.05) is 44.2 Å². The van der Waals surface area contributed by atoms with E-state index in [2.05, 4.69) is 10.6 Å². The predicted molar refractivity (Wildman–Crippen MR) is 160 cm³/mol. The molecule has 0 aromatic heterocycles. The Bertz CT molecular complexity index is 1230. The molecule has 2 amide bonds. The predicted octanol–water partition coefficient (Wildman–Crippen LogP) is 3.05. The molecule has 0 bridgehead atoms. The maximum Gasteiger partial charge on any atom is 0.347 e. The van der Waals surface area contributed by atoms with Gasteiger partial charge in [-0.05, 0) is 54.5 Å². The first-order valence-electron chi connectivity index (χ1n) is 14.6. The maximum atomic E-state index is 13.2. The van der Waals surface area contributed by atoms with E-state index in [0.29, 0.717) is 18.6 Å². The minimum Gasteiger partial charge on any atom is -0.497 e. The monoisotopic (exact) mass is 594 g/mol. The molecule has 0 spiro atoms. The Kier molecular flexibility index (Phi) is 13.2. The summed E-state index contributed by atoms with van der Waals surface area (Å²) in [6.07, 6.45) is 0.698. The third-order valence-electron chi connectivity index (χ3n) is 6.99. The van der Waals surface area contributed by atoms with Crippen LogP contribution in [-0.2, 0) is 41.5 Å². The Hall–Kier alpha value is -4.18. The maximum absolute atomic E-state index is 13.2. The first-order valence-corrected chi connectivity index (χ1v) is 14.6. The number of esters is 2. The molecule has 0 saturated carbocycles. The summed E-state index contributed by atoms with van der Waals surface area (Å²) < 4.78 is 16.4. The van der Waals surface area contributed by atoms with Gasteiger partial charge in [-0.25, -0.2) is 4.79 Å². The summed E-state index contributed by atoms with van der Waals surface area (Å²) in [7, 11) is 1.56. The number of cyclic esters (lactones) is 2. The number of carbonyl (C=O) groups is 4. The summed E-state index contributed by atoms with van der Waals surface area (Å²) in [6, 6.07) is 15.8. The highest BCUT2D eigenvalue weighted by Crippen LogP contribution is 2.18. The third-order valence-corrected chi connectivity index (χ3v) is 6.99. The molecule has 0 aliphatic carbocycles. The number of aliphatic hydroxyl groups excluding tert-OH is 1. The van der Waals surface area contributed by atoms with Crippen molar-refractivity contribution in [2.45, 2.75) is 76.7 Å². The van der Waals surface area contributed by atoms with Gasteiger partial charge in [0.05, 0.1) is 19.6 Å². The van der Waals surface area contributed by atoms with Crippen LogP contribution in [0.2, 0.25) is 0 Å². The molecule has 3 N–H and O–H groups in total. The van der Waals surface area contributed by atoms with Crippen LogP contribution in [0.1, 0.15) is 50.7 Å². The average Bonchev–Trinajstić information content (AvgIpc) is 2.98. The first-order chi connectivity index (χ1) is 20.6. The molecule has 0 fully saturated rings. The molecule has 10 heteroatoms. The zero-order valence-corrected chi connectivity index (χ0v) is 25.0. The minimum atomic E-state index is -1.17. The van der Waals surface area contributed by atoms with E-state index in [0.717, 1.165) is 11.1 Å². The zero-order chi connectivity index (χ0) is 31.2. The number of carbonyl (C=O) groups excluding carboxylic acids is 4. The van der Waals surface area contributed by atoms with Crippen LogP contribution in [0.3, 0.4) is 0 Å². The van der Waals surface area contributed by atoms with Gasteiger partial charge < -0.3 is 30.0 Å². The van der Waals surface area contributed by atoms with Gasteiger partial charge in [0.2, 0.25) is 11.8 Å². The number of aliphatic hydroxyl groups is 1. The quantitative estimate of drug-likeness (QED) is 0.377. The number of amides is 2. The van der Waals surface area contributed by atoms with Crippen molar-refractivity contribution in [1.82, 2.24) is 10.6 Å². The Labute approximate surface area is 252 Å². The second kappa shape index (κ2) is 17.1. The Morgan fingerprint density at radius 2 is 1.70 bits per heavy atom. The zero-order valence-electron chi connectivity index (χ0n) is 25.0. The number of ether oxygens (including phenoxy) is 3. The number of rotatable bonds is 9. The minimum absolute atomic E-state index is 0.0133. The molecular weight excluding hydrogens is 552 g/mol. The van der Waals surface area contributed by atoms with Gasteiger partial charge in [0, 0.05) is 19.4 Å². The van der Waals surface area contributed by atoms with Crippen molar-refractivity contribution in [3.63, 3.8) is 0 Å². The van der Waals surface area contributed by atoms with Crippen LogP contribution < -0.4 is 15.4 Å². The van der Waals surface area contributed by atoms with Crippen LogP contribution >= 0.6 is 0 Å². The number of benzene rings is 2. The number of aryl methyl sites for hydroxylation is 1. The van der Waals surface area contributed by atoms with Crippen LogP contribution in [0.15, 0.2) is 66.7 Å². The number of nitrogens with one attached hydrogen (secondary N) is 2. The Morgan fingerprint density at radius 3 is 2.37 bits per heavy atom. The average molecular weight is 595 g/mol. The highest BCUT2D eigenvalue weighted by Gasteiger charge is 2.31. The van der Waals surface area contributed by atoms with Crippen molar-refractivity contribution < 1.29 is 38.5 Å². The molecule has 2 aromatic rings. The lowest BCUT2D eigenvalue weighted by Crippen LogP contribution is -2.48. The van der Waals surface area contributed by atoms with E-state index in [9.17, 15) is 24.3 Å². The summed E-state index contributed by atoms with van der Waals surface area (Å²) >= 11 is 0. The Balaban J connectivity index is 1.81. The molecule has 1 aliphatic heterocycles. The molecule has 1 heterocycles. The molecule has 232 valence electrons. The number of methoxy groups -OCH3 is 1. The molecule has 0 radical (unpaired) electrons. The number of hydrogen-bond donors (Lipinski definition) is 3. The molecule has 1 unspecified atom stereocenters. The lowest BCUT2D eigenvalue weighted by molar-refractivity contribution is -0.176.